The summed E-state index contributed by atoms with van der Waals surface area (Å²) in [6.45, 7) is 3.97. The van der Waals surface area contributed by atoms with Crippen LogP contribution in [-0.2, 0) is 0 Å². The van der Waals surface area contributed by atoms with E-state index in [9.17, 15) is 4.79 Å². The number of hydrogen-bond donors (Lipinski definition) is 1. The molecule has 1 atom stereocenters. The normalized spacial score (nSPS) is 11.6. The molecule has 0 aliphatic rings. The number of amides is 1. The number of nitrogens with zero attached hydrogens (tertiary/aromatic N) is 1. The fourth-order valence-electron chi connectivity index (χ4n) is 1.20. The van der Waals surface area contributed by atoms with Crippen LogP contribution in [0.1, 0.15) is 30.6 Å². The average Bonchev–Trinajstić information content (AvgIpc) is 2.30. The Kier molecular flexibility index (Phi) is 4.87. The van der Waals surface area contributed by atoms with Crippen molar-refractivity contribution in [2.75, 3.05) is 0 Å². The summed E-state index contributed by atoms with van der Waals surface area (Å²) >= 11 is 1.01. The van der Waals surface area contributed by atoms with E-state index in [-0.39, 0.29) is 11.9 Å². The number of nitriles is 1. The second-order valence-corrected chi connectivity index (χ2v) is 4.30. The molecule has 0 bridgehead atoms. The van der Waals surface area contributed by atoms with E-state index in [1.807, 2.05) is 25.3 Å². The molecule has 1 rings (SSSR count). The highest BCUT2D eigenvalue weighted by atomic mass is 32.2. The monoisotopic (exact) mass is 234 g/mol. The van der Waals surface area contributed by atoms with Crippen molar-refractivity contribution in [3.05, 3.63) is 29.8 Å². The van der Waals surface area contributed by atoms with E-state index in [2.05, 4.69) is 5.32 Å². The molecule has 0 saturated carbocycles. The summed E-state index contributed by atoms with van der Waals surface area (Å²) in [7, 11) is 0. The van der Waals surface area contributed by atoms with E-state index in [0.717, 1.165) is 18.2 Å². The largest absolute Gasteiger partial charge is 0.350 e. The Morgan fingerprint density at radius 3 is 2.88 bits per heavy atom. The molecule has 1 N–H and O–H groups in total. The van der Waals surface area contributed by atoms with Gasteiger partial charge in [0.1, 0.15) is 5.40 Å². The molecule has 0 aliphatic heterocycles. The first-order chi connectivity index (χ1) is 7.69. The number of nitrogens with one attached hydrogen (secondary N) is 1. The van der Waals surface area contributed by atoms with Gasteiger partial charge in [-0.15, -0.1) is 0 Å². The Morgan fingerprint density at radius 2 is 2.25 bits per heavy atom. The van der Waals surface area contributed by atoms with Crippen LogP contribution in [0, 0.1) is 10.7 Å². The molecule has 0 saturated heterocycles. The van der Waals surface area contributed by atoms with Crippen LogP contribution in [0.3, 0.4) is 0 Å². The highest BCUT2D eigenvalue weighted by molar-refractivity contribution is 8.03. The molecule has 1 aromatic rings. The number of benzene rings is 1. The summed E-state index contributed by atoms with van der Waals surface area (Å²) in [6, 6.07) is 7.27. The zero-order valence-electron chi connectivity index (χ0n) is 9.36. The van der Waals surface area contributed by atoms with Gasteiger partial charge in [-0.25, -0.2) is 0 Å². The molecule has 0 aliphatic carbocycles. The van der Waals surface area contributed by atoms with E-state index in [4.69, 9.17) is 5.26 Å². The van der Waals surface area contributed by atoms with Crippen molar-refractivity contribution >= 4 is 17.7 Å². The molecule has 0 fully saturated rings. The van der Waals surface area contributed by atoms with Gasteiger partial charge in [0.25, 0.3) is 5.91 Å². The number of thiocyanates is 1. The standard InChI is InChI=1S/C12H14N2OS/c1-3-9(2)14-12(15)10-6-4-5-7-11(10)16-8-13/h4-7,9H,3H2,1-2H3,(H,14,15). The van der Waals surface area contributed by atoms with E-state index < -0.39 is 0 Å². The van der Waals surface area contributed by atoms with Crippen LogP contribution in [0.2, 0.25) is 0 Å². The molecule has 0 radical (unpaired) electrons. The Hall–Kier alpha value is -1.47. The topological polar surface area (TPSA) is 52.9 Å². The molecule has 1 aromatic carbocycles. The number of thioether (sulfide) groups is 1. The zero-order chi connectivity index (χ0) is 12.0. The van der Waals surface area contributed by atoms with Crippen LogP contribution in [0.15, 0.2) is 29.2 Å². The fourth-order valence-corrected chi connectivity index (χ4v) is 1.71. The average molecular weight is 234 g/mol. The van der Waals surface area contributed by atoms with Gasteiger partial charge in [0.05, 0.1) is 5.56 Å². The maximum Gasteiger partial charge on any atom is 0.252 e. The van der Waals surface area contributed by atoms with Crippen molar-refractivity contribution in [2.45, 2.75) is 31.2 Å². The molecule has 1 unspecified atom stereocenters. The summed E-state index contributed by atoms with van der Waals surface area (Å²) in [5, 5.41) is 13.5. The number of rotatable bonds is 4. The molecule has 16 heavy (non-hydrogen) atoms. The Balaban J connectivity index is 2.86. The molecular formula is C12H14N2OS. The summed E-state index contributed by atoms with van der Waals surface area (Å²) in [6.07, 6.45) is 0.888. The first-order valence-electron chi connectivity index (χ1n) is 5.14. The van der Waals surface area contributed by atoms with Gasteiger partial charge < -0.3 is 5.32 Å². The number of carbonyl (C=O) groups is 1. The molecule has 4 heteroatoms. The SMILES string of the molecule is CCC(C)NC(=O)c1ccccc1SC#N. The molecule has 0 heterocycles. The van der Waals surface area contributed by atoms with Gasteiger partial charge in [-0.1, -0.05) is 19.1 Å². The van der Waals surface area contributed by atoms with Gasteiger partial charge in [0.15, 0.2) is 0 Å². The third kappa shape index (κ3) is 3.28. The van der Waals surface area contributed by atoms with Crippen molar-refractivity contribution in [1.82, 2.24) is 5.32 Å². The van der Waals surface area contributed by atoms with Crippen LogP contribution < -0.4 is 5.32 Å². The zero-order valence-corrected chi connectivity index (χ0v) is 10.2. The molecule has 0 spiro atoms. The van der Waals surface area contributed by atoms with Gasteiger partial charge in [0.2, 0.25) is 0 Å². The predicted octanol–water partition coefficient (Wildman–Crippen LogP) is 2.79. The molecule has 1 amide bonds. The van der Waals surface area contributed by atoms with Crippen LogP contribution in [-0.4, -0.2) is 11.9 Å². The van der Waals surface area contributed by atoms with Crippen molar-refractivity contribution < 1.29 is 4.79 Å². The Bertz CT molecular complexity index is 412. The lowest BCUT2D eigenvalue weighted by atomic mass is 10.2. The maximum atomic E-state index is 11.9. The summed E-state index contributed by atoms with van der Waals surface area (Å²) in [5.74, 6) is -0.118. The van der Waals surface area contributed by atoms with Crippen molar-refractivity contribution in [3.63, 3.8) is 0 Å². The van der Waals surface area contributed by atoms with Gasteiger partial charge in [-0.05, 0) is 37.2 Å². The fraction of sp³-hybridized carbons (Fsp3) is 0.333. The molecule has 3 nitrogen and oxygen atoms in total. The Morgan fingerprint density at radius 1 is 1.56 bits per heavy atom. The molecular weight excluding hydrogens is 220 g/mol. The van der Waals surface area contributed by atoms with Crippen LogP contribution in [0.25, 0.3) is 0 Å². The predicted molar refractivity (Wildman–Crippen MR) is 65.1 cm³/mol. The minimum atomic E-state index is -0.118. The smallest absolute Gasteiger partial charge is 0.252 e. The van der Waals surface area contributed by atoms with Gasteiger partial charge in [-0.2, -0.15) is 5.26 Å². The summed E-state index contributed by atoms with van der Waals surface area (Å²) in [4.78, 5) is 12.6. The lowest BCUT2D eigenvalue weighted by molar-refractivity contribution is 0.0936. The lowest BCUT2D eigenvalue weighted by Crippen LogP contribution is -2.32. The van der Waals surface area contributed by atoms with Gasteiger partial charge in [-0.3, -0.25) is 4.79 Å². The first-order valence-corrected chi connectivity index (χ1v) is 5.96. The highest BCUT2D eigenvalue weighted by Crippen LogP contribution is 2.21. The van der Waals surface area contributed by atoms with E-state index in [0.29, 0.717) is 10.5 Å². The molecule has 0 aromatic heterocycles. The third-order valence-electron chi connectivity index (χ3n) is 2.28. The van der Waals surface area contributed by atoms with E-state index in [1.165, 1.54) is 0 Å². The van der Waals surface area contributed by atoms with Crippen molar-refractivity contribution in [3.8, 4) is 5.40 Å². The maximum absolute atomic E-state index is 11.9. The second-order valence-electron chi connectivity index (χ2n) is 3.47. The van der Waals surface area contributed by atoms with Crippen LogP contribution in [0.4, 0.5) is 0 Å². The quantitative estimate of drug-likeness (QED) is 0.643. The minimum absolute atomic E-state index is 0.118. The molecule has 84 valence electrons. The van der Waals surface area contributed by atoms with Crippen molar-refractivity contribution in [2.24, 2.45) is 0 Å². The summed E-state index contributed by atoms with van der Waals surface area (Å²) in [5.41, 5.74) is 0.564. The van der Waals surface area contributed by atoms with Gasteiger partial charge in [0, 0.05) is 10.9 Å². The van der Waals surface area contributed by atoms with E-state index >= 15 is 0 Å². The van der Waals surface area contributed by atoms with Gasteiger partial charge >= 0.3 is 0 Å². The number of hydrogen-bond acceptors (Lipinski definition) is 3. The number of carbonyl (C=O) groups excluding carboxylic acids is 1. The van der Waals surface area contributed by atoms with Crippen molar-refractivity contribution in [1.29, 1.82) is 5.26 Å². The Labute approximate surface area is 99.8 Å². The first kappa shape index (κ1) is 12.6. The second kappa shape index (κ2) is 6.19. The summed E-state index contributed by atoms with van der Waals surface area (Å²) < 4.78 is 0. The lowest BCUT2D eigenvalue weighted by Gasteiger charge is -2.12. The minimum Gasteiger partial charge on any atom is -0.350 e. The van der Waals surface area contributed by atoms with Crippen LogP contribution in [0.5, 0.6) is 0 Å². The van der Waals surface area contributed by atoms with Crippen LogP contribution >= 0.6 is 11.8 Å². The highest BCUT2D eigenvalue weighted by Gasteiger charge is 2.12. The van der Waals surface area contributed by atoms with E-state index in [1.54, 1.807) is 18.2 Å². The third-order valence-corrected chi connectivity index (χ3v) is 2.94.